The highest BCUT2D eigenvalue weighted by Gasteiger charge is 2.61. The summed E-state index contributed by atoms with van der Waals surface area (Å²) in [6.45, 7) is 4.55. The third-order valence-electron chi connectivity index (χ3n) is 6.59. The minimum Gasteiger partial charge on any atom is -0.497 e. The minimum absolute atomic E-state index is 0.320. The highest BCUT2D eigenvalue weighted by Crippen LogP contribution is 2.61. The summed E-state index contributed by atoms with van der Waals surface area (Å²) in [5.74, 6) is 2.35. The van der Waals surface area contributed by atoms with Crippen LogP contribution in [0.15, 0.2) is 48.5 Å². The van der Waals surface area contributed by atoms with Gasteiger partial charge in [-0.2, -0.15) is 0 Å². The molecule has 0 N–H and O–H groups in total. The van der Waals surface area contributed by atoms with Gasteiger partial charge in [-0.25, -0.2) is 9.78 Å². The number of ether oxygens (including phenoxy) is 2. The van der Waals surface area contributed by atoms with Crippen molar-refractivity contribution in [1.29, 1.82) is 0 Å². The summed E-state index contributed by atoms with van der Waals surface area (Å²) in [7, 11) is 3.37. The molecule has 0 amide bonds. The molecule has 3 fully saturated rings. The van der Waals surface area contributed by atoms with Gasteiger partial charge < -0.3 is 9.47 Å². The molecule has 4 heteroatoms. The molecule has 2 aromatic carbocycles. The van der Waals surface area contributed by atoms with Crippen LogP contribution in [0, 0.1) is 11.8 Å². The average Bonchev–Trinajstić information content (AvgIpc) is 2.72. The van der Waals surface area contributed by atoms with E-state index in [0.29, 0.717) is 11.8 Å². The molecule has 4 atom stereocenters. The van der Waals surface area contributed by atoms with Crippen LogP contribution in [0.1, 0.15) is 37.8 Å². The Bertz CT molecular complexity index is 690. The van der Waals surface area contributed by atoms with Gasteiger partial charge >= 0.3 is 0 Å². The molecule has 1 saturated carbocycles. The first-order valence-electron chi connectivity index (χ1n) is 9.21. The van der Waals surface area contributed by atoms with E-state index in [0.717, 1.165) is 35.5 Å². The first-order chi connectivity index (χ1) is 12.6. The molecule has 138 valence electrons. The smallest absolute Gasteiger partial charge is 0.131 e. The van der Waals surface area contributed by atoms with Gasteiger partial charge in [-0.1, -0.05) is 38.1 Å². The lowest BCUT2D eigenvalue weighted by Crippen LogP contribution is -2.59. The Morgan fingerprint density at radius 2 is 1.04 bits per heavy atom. The van der Waals surface area contributed by atoms with Gasteiger partial charge in [-0.05, 0) is 60.1 Å². The van der Waals surface area contributed by atoms with Crippen LogP contribution in [0.25, 0.3) is 0 Å². The van der Waals surface area contributed by atoms with Crippen molar-refractivity contribution in [3.05, 3.63) is 59.7 Å². The first kappa shape index (κ1) is 17.4. The van der Waals surface area contributed by atoms with Crippen molar-refractivity contribution in [1.82, 2.24) is 0 Å². The number of rotatable bonds is 4. The Morgan fingerprint density at radius 3 is 1.31 bits per heavy atom. The van der Waals surface area contributed by atoms with Gasteiger partial charge in [0.05, 0.1) is 14.2 Å². The van der Waals surface area contributed by atoms with Crippen molar-refractivity contribution in [2.45, 2.75) is 37.9 Å². The lowest BCUT2D eigenvalue weighted by Gasteiger charge is -2.59. The molecule has 5 rings (SSSR count). The number of hydrogen-bond acceptors (Lipinski definition) is 4. The zero-order valence-electron chi connectivity index (χ0n) is 15.8. The van der Waals surface area contributed by atoms with Crippen LogP contribution in [0.2, 0.25) is 0 Å². The summed E-state index contributed by atoms with van der Waals surface area (Å²) >= 11 is 0. The standard InChI is InChI=1S/C22H26O4/c1-15-16(2)22(18-7-11-20(24-4)12-8-18)14-13-21(15,25-26-22)17-5-9-19(23-3)10-6-17/h5-12,15-16H,13-14H2,1-4H3/t15-,16-,21-,22+/m0/s1. The Kier molecular flexibility index (Phi) is 4.20. The molecule has 2 heterocycles. The largest absolute Gasteiger partial charge is 0.497 e. The molecule has 2 aromatic rings. The molecular formula is C22H26O4. The quantitative estimate of drug-likeness (QED) is 0.738. The second-order valence-corrected chi connectivity index (χ2v) is 7.48. The van der Waals surface area contributed by atoms with Crippen LogP contribution in [0.3, 0.4) is 0 Å². The van der Waals surface area contributed by atoms with Crippen molar-refractivity contribution >= 4 is 0 Å². The molecule has 0 radical (unpaired) electrons. The van der Waals surface area contributed by atoms with Gasteiger partial charge in [0.25, 0.3) is 0 Å². The molecule has 0 spiro atoms. The normalized spacial score (nSPS) is 33.1. The fourth-order valence-electron chi connectivity index (χ4n) is 4.68. The molecule has 0 aromatic heterocycles. The van der Waals surface area contributed by atoms with E-state index in [9.17, 15) is 0 Å². The van der Waals surface area contributed by atoms with Gasteiger partial charge in [0.1, 0.15) is 22.7 Å². The SMILES string of the molecule is COc1ccc([C@]23CC[C@](c4ccc(OC)cc4)(OO2)[C@@H](C)[C@@H]3C)cc1. The predicted octanol–water partition coefficient (Wildman–Crippen LogP) is 4.82. The van der Waals surface area contributed by atoms with Gasteiger partial charge in [0, 0.05) is 0 Å². The van der Waals surface area contributed by atoms with Crippen molar-refractivity contribution in [3.63, 3.8) is 0 Å². The zero-order chi connectivity index (χ0) is 18.4. The second-order valence-electron chi connectivity index (χ2n) is 7.48. The van der Waals surface area contributed by atoms with Crippen LogP contribution >= 0.6 is 0 Å². The number of benzene rings is 2. The Balaban J connectivity index is 1.67. The van der Waals surface area contributed by atoms with Crippen LogP contribution in [0.5, 0.6) is 11.5 Å². The molecule has 4 nitrogen and oxygen atoms in total. The molecule has 2 aliphatic heterocycles. The fourth-order valence-corrected chi connectivity index (χ4v) is 4.68. The van der Waals surface area contributed by atoms with E-state index in [1.54, 1.807) is 14.2 Å². The van der Waals surface area contributed by atoms with Gasteiger partial charge in [-0.3, -0.25) is 0 Å². The Morgan fingerprint density at radius 1 is 0.692 bits per heavy atom. The Hall–Kier alpha value is -2.04. The predicted molar refractivity (Wildman–Crippen MR) is 99.1 cm³/mol. The van der Waals surface area contributed by atoms with Crippen molar-refractivity contribution in [2.24, 2.45) is 11.8 Å². The maximum absolute atomic E-state index is 6.15. The minimum atomic E-state index is -0.403. The average molecular weight is 354 g/mol. The summed E-state index contributed by atoms with van der Waals surface area (Å²) in [5.41, 5.74) is 1.50. The Labute approximate surface area is 155 Å². The monoisotopic (exact) mass is 354 g/mol. The first-order valence-corrected chi connectivity index (χ1v) is 9.21. The van der Waals surface area contributed by atoms with E-state index in [1.807, 2.05) is 24.3 Å². The van der Waals surface area contributed by atoms with E-state index in [4.69, 9.17) is 19.2 Å². The molecule has 26 heavy (non-hydrogen) atoms. The summed E-state index contributed by atoms with van der Waals surface area (Å²) in [6, 6.07) is 16.3. The maximum Gasteiger partial charge on any atom is 0.131 e. The highest BCUT2D eigenvalue weighted by molar-refractivity contribution is 5.36. The van der Waals surface area contributed by atoms with Crippen LogP contribution in [-0.4, -0.2) is 14.2 Å². The number of methoxy groups -OCH3 is 2. The van der Waals surface area contributed by atoms with Crippen molar-refractivity contribution in [3.8, 4) is 11.5 Å². The molecule has 0 unspecified atom stereocenters. The van der Waals surface area contributed by atoms with Gasteiger partial charge in [0.2, 0.25) is 0 Å². The summed E-state index contributed by atoms with van der Waals surface area (Å²) < 4.78 is 10.6. The molecule has 3 aliphatic rings. The lowest BCUT2D eigenvalue weighted by atomic mass is 9.58. The highest BCUT2D eigenvalue weighted by atomic mass is 17.2. The van der Waals surface area contributed by atoms with Crippen molar-refractivity contribution in [2.75, 3.05) is 14.2 Å². The number of hydrogen-bond donors (Lipinski definition) is 0. The van der Waals surface area contributed by atoms with E-state index in [2.05, 4.69) is 38.1 Å². The molecule has 2 bridgehead atoms. The third kappa shape index (κ3) is 2.36. The van der Waals surface area contributed by atoms with Crippen LogP contribution < -0.4 is 9.47 Å². The zero-order valence-corrected chi connectivity index (χ0v) is 15.8. The van der Waals surface area contributed by atoms with Gasteiger partial charge in [-0.15, -0.1) is 0 Å². The van der Waals surface area contributed by atoms with E-state index in [1.165, 1.54) is 0 Å². The summed E-state index contributed by atoms with van der Waals surface area (Å²) in [4.78, 5) is 12.3. The lowest BCUT2D eigenvalue weighted by molar-refractivity contribution is -0.506. The topological polar surface area (TPSA) is 36.9 Å². The van der Waals surface area contributed by atoms with E-state index < -0.39 is 11.2 Å². The molecular weight excluding hydrogens is 328 g/mol. The van der Waals surface area contributed by atoms with Crippen LogP contribution in [-0.2, 0) is 21.0 Å². The van der Waals surface area contributed by atoms with Crippen LogP contribution in [0.4, 0.5) is 0 Å². The summed E-state index contributed by atoms with van der Waals surface area (Å²) in [6.07, 6.45) is 1.85. The molecule has 2 saturated heterocycles. The van der Waals surface area contributed by atoms with E-state index in [-0.39, 0.29) is 0 Å². The maximum atomic E-state index is 6.15. The fraction of sp³-hybridized carbons (Fsp3) is 0.455. The number of fused-ring (bicyclic) bond motifs is 3. The van der Waals surface area contributed by atoms with Gasteiger partial charge in [0.15, 0.2) is 0 Å². The second kappa shape index (κ2) is 6.29. The summed E-state index contributed by atoms with van der Waals surface area (Å²) in [5, 5.41) is 0. The van der Waals surface area contributed by atoms with Crippen molar-refractivity contribution < 1.29 is 19.2 Å². The van der Waals surface area contributed by atoms with E-state index >= 15 is 0 Å². The third-order valence-corrected chi connectivity index (χ3v) is 6.59. The molecule has 1 aliphatic carbocycles.